The van der Waals surface area contributed by atoms with Crippen LogP contribution in [0.3, 0.4) is 0 Å². The molecule has 0 aliphatic carbocycles. The third-order valence-corrected chi connectivity index (χ3v) is 3.59. The van der Waals surface area contributed by atoms with Crippen molar-refractivity contribution in [3.8, 4) is 0 Å². The van der Waals surface area contributed by atoms with Crippen molar-refractivity contribution >= 4 is 29.9 Å². The molecule has 22 heavy (non-hydrogen) atoms. The summed E-state index contributed by atoms with van der Waals surface area (Å²) >= 11 is 0. The van der Waals surface area contributed by atoms with Crippen LogP contribution in [-0.4, -0.2) is 30.5 Å². The molecule has 0 aliphatic rings. The van der Waals surface area contributed by atoms with Gasteiger partial charge in [0.25, 0.3) is 0 Å². The Morgan fingerprint density at radius 1 is 1.09 bits per heavy atom. The van der Waals surface area contributed by atoms with Crippen LogP contribution in [-0.2, 0) is 13.1 Å². The number of nitrogens with one attached hydrogen (secondary N) is 1. The molecule has 0 radical (unpaired) electrons. The fourth-order valence-electron chi connectivity index (χ4n) is 2.08. The van der Waals surface area contributed by atoms with E-state index < -0.39 is 0 Å². The molecule has 0 unspecified atom stereocenters. The molecule has 0 saturated heterocycles. The van der Waals surface area contributed by atoms with E-state index in [4.69, 9.17) is 5.73 Å². The van der Waals surface area contributed by atoms with Crippen LogP contribution in [0.2, 0.25) is 0 Å². The van der Waals surface area contributed by atoms with E-state index in [0.29, 0.717) is 12.5 Å². The molecule has 0 aromatic heterocycles. The van der Waals surface area contributed by atoms with Gasteiger partial charge in [-0.2, -0.15) is 0 Å². The summed E-state index contributed by atoms with van der Waals surface area (Å²) in [6.07, 6.45) is 2.28. The highest BCUT2D eigenvalue weighted by molar-refractivity contribution is 14.0. The zero-order valence-corrected chi connectivity index (χ0v) is 16.5. The Kier molecular flexibility index (Phi) is 12.2. The summed E-state index contributed by atoms with van der Waals surface area (Å²) < 4.78 is 0. The van der Waals surface area contributed by atoms with Crippen LogP contribution in [0.1, 0.15) is 44.7 Å². The molecule has 0 saturated carbocycles. The van der Waals surface area contributed by atoms with Crippen LogP contribution in [0, 0.1) is 0 Å². The predicted molar refractivity (Wildman–Crippen MR) is 107 cm³/mol. The summed E-state index contributed by atoms with van der Waals surface area (Å²) in [4.78, 5) is 6.77. The van der Waals surface area contributed by atoms with Gasteiger partial charge in [-0.1, -0.05) is 51.5 Å². The van der Waals surface area contributed by atoms with Crippen molar-refractivity contribution in [3.05, 3.63) is 35.4 Å². The zero-order chi connectivity index (χ0) is 15.5. The number of hydrogen-bond donors (Lipinski definition) is 2. The maximum Gasteiger partial charge on any atom is 0.188 e. The van der Waals surface area contributed by atoms with Crippen molar-refractivity contribution in [1.29, 1.82) is 0 Å². The molecule has 0 aliphatic heterocycles. The first kappa shape index (κ1) is 21.2. The van der Waals surface area contributed by atoms with Crippen LogP contribution in [0.15, 0.2) is 29.3 Å². The minimum absolute atomic E-state index is 0. The maximum atomic E-state index is 5.83. The van der Waals surface area contributed by atoms with Crippen molar-refractivity contribution in [2.75, 3.05) is 19.6 Å². The van der Waals surface area contributed by atoms with Gasteiger partial charge < -0.3 is 11.1 Å². The average Bonchev–Trinajstić information content (AvgIpc) is 2.52. The Morgan fingerprint density at radius 2 is 1.68 bits per heavy atom. The van der Waals surface area contributed by atoms with Crippen molar-refractivity contribution < 1.29 is 0 Å². The quantitative estimate of drug-likeness (QED) is 0.280. The molecule has 126 valence electrons. The highest BCUT2D eigenvalue weighted by atomic mass is 127. The van der Waals surface area contributed by atoms with Gasteiger partial charge in [0.1, 0.15) is 0 Å². The highest BCUT2D eigenvalue weighted by Gasteiger charge is 2.01. The minimum atomic E-state index is 0. The first-order valence-electron chi connectivity index (χ1n) is 8.03. The molecule has 4 nitrogen and oxygen atoms in total. The maximum absolute atomic E-state index is 5.83. The molecule has 5 heteroatoms. The third kappa shape index (κ3) is 8.58. The van der Waals surface area contributed by atoms with Crippen molar-refractivity contribution in [1.82, 2.24) is 10.2 Å². The highest BCUT2D eigenvalue weighted by Crippen LogP contribution is 2.08. The summed E-state index contributed by atoms with van der Waals surface area (Å²) in [5, 5.41) is 3.13. The van der Waals surface area contributed by atoms with Gasteiger partial charge in [0.15, 0.2) is 5.96 Å². The van der Waals surface area contributed by atoms with Crippen LogP contribution < -0.4 is 11.1 Å². The Bertz CT molecular complexity index is 413. The number of unbranched alkanes of at least 4 members (excludes halogenated alkanes) is 1. The predicted octanol–water partition coefficient (Wildman–Crippen LogP) is 3.35. The van der Waals surface area contributed by atoms with Crippen LogP contribution in [0.5, 0.6) is 0 Å². The Morgan fingerprint density at radius 3 is 2.23 bits per heavy atom. The summed E-state index contributed by atoms with van der Waals surface area (Å²) in [7, 11) is 0. The first-order chi connectivity index (χ1) is 10.2. The fourth-order valence-corrected chi connectivity index (χ4v) is 2.08. The number of hydrogen-bond acceptors (Lipinski definition) is 2. The van der Waals surface area contributed by atoms with Gasteiger partial charge >= 0.3 is 0 Å². The van der Waals surface area contributed by atoms with Crippen LogP contribution >= 0.6 is 24.0 Å². The minimum Gasteiger partial charge on any atom is -0.370 e. The molecule has 0 spiro atoms. The standard InChI is InChI=1S/C17H30N4.HI/c1-4-7-12-19-17(18)20-13-15-8-10-16(11-9-15)14-21(5-2)6-3;/h8-11H,4-7,12-14H2,1-3H3,(H3,18,19,20);1H. The van der Waals surface area contributed by atoms with E-state index in [-0.39, 0.29) is 24.0 Å². The number of halogens is 1. The summed E-state index contributed by atoms with van der Waals surface area (Å²) in [5.74, 6) is 0.538. The summed E-state index contributed by atoms with van der Waals surface area (Å²) in [5.41, 5.74) is 8.37. The molecule has 1 aromatic rings. The molecule has 0 bridgehead atoms. The molecule has 1 rings (SSSR count). The number of aliphatic imine (C=N–C) groups is 1. The third-order valence-electron chi connectivity index (χ3n) is 3.59. The van der Waals surface area contributed by atoms with Crippen LogP contribution in [0.4, 0.5) is 0 Å². The lowest BCUT2D eigenvalue weighted by molar-refractivity contribution is 0.296. The van der Waals surface area contributed by atoms with E-state index in [1.165, 1.54) is 11.1 Å². The average molecular weight is 418 g/mol. The smallest absolute Gasteiger partial charge is 0.188 e. The SMILES string of the molecule is CCCCNC(N)=NCc1ccc(CN(CC)CC)cc1.I. The van der Waals surface area contributed by atoms with Crippen LogP contribution in [0.25, 0.3) is 0 Å². The van der Waals surface area contributed by atoms with E-state index in [1.807, 2.05) is 0 Å². The number of benzene rings is 1. The number of rotatable bonds is 9. The fraction of sp³-hybridized carbons (Fsp3) is 0.588. The number of nitrogens with zero attached hydrogens (tertiary/aromatic N) is 2. The molecule has 1 aromatic carbocycles. The topological polar surface area (TPSA) is 53.6 Å². The normalized spacial score (nSPS) is 11.4. The zero-order valence-electron chi connectivity index (χ0n) is 14.1. The molecule has 0 fully saturated rings. The van der Waals surface area contributed by atoms with Gasteiger partial charge in [0, 0.05) is 13.1 Å². The monoisotopic (exact) mass is 418 g/mol. The molecular formula is C17H31IN4. The second-order valence-corrected chi connectivity index (χ2v) is 5.26. The van der Waals surface area contributed by atoms with E-state index >= 15 is 0 Å². The Hall–Kier alpha value is -0.820. The van der Waals surface area contributed by atoms with Crippen molar-refractivity contribution in [2.45, 2.75) is 46.7 Å². The first-order valence-corrected chi connectivity index (χ1v) is 8.03. The second kappa shape index (κ2) is 12.7. The Labute approximate surface area is 152 Å². The van der Waals surface area contributed by atoms with E-state index in [1.54, 1.807) is 0 Å². The van der Waals surface area contributed by atoms with E-state index in [9.17, 15) is 0 Å². The molecule has 0 atom stereocenters. The van der Waals surface area contributed by atoms with Gasteiger partial charge in [-0.25, -0.2) is 4.99 Å². The molecule has 0 amide bonds. The van der Waals surface area contributed by atoms with Gasteiger partial charge in [-0.15, -0.1) is 24.0 Å². The summed E-state index contributed by atoms with van der Waals surface area (Å²) in [6, 6.07) is 8.65. The largest absolute Gasteiger partial charge is 0.370 e. The molecule has 0 heterocycles. The second-order valence-electron chi connectivity index (χ2n) is 5.26. The van der Waals surface area contributed by atoms with Gasteiger partial charge in [-0.05, 0) is 30.6 Å². The van der Waals surface area contributed by atoms with Gasteiger partial charge in [0.2, 0.25) is 0 Å². The van der Waals surface area contributed by atoms with Gasteiger partial charge in [0.05, 0.1) is 6.54 Å². The van der Waals surface area contributed by atoms with E-state index in [0.717, 1.165) is 39.0 Å². The van der Waals surface area contributed by atoms with Crippen molar-refractivity contribution in [3.63, 3.8) is 0 Å². The lowest BCUT2D eigenvalue weighted by atomic mass is 10.1. The lowest BCUT2D eigenvalue weighted by Crippen LogP contribution is -2.32. The number of nitrogens with two attached hydrogens (primary N) is 1. The molecule has 3 N–H and O–H groups in total. The molecular weight excluding hydrogens is 387 g/mol. The van der Waals surface area contributed by atoms with Gasteiger partial charge in [-0.3, -0.25) is 4.90 Å². The van der Waals surface area contributed by atoms with Crippen molar-refractivity contribution in [2.24, 2.45) is 10.7 Å². The Balaban J connectivity index is 0.00000441. The van der Waals surface area contributed by atoms with E-state index in [2.05, 4.69) is 60.2 Å². The number of guanidine groups is 1. The lowest BCUT2D eigenvalue weighted by Gasteiger charge is -2.17. The summed E-state index contributed by atoms with van der Waals surface area (Å²) in [6.45, 7) is 11.3.